The quantitative estimate of drug-likeness (QED) is 0.758. The number of carbonyl (C=O) groups is 1. The molecule has 2 unspecified atom stereocenters. The molecular formula is C11H24N2O2. The average molecular weight is 216 g/mol. The molecule has 2 N–H and O–H groups in total. The van der Waals surface area contributed by atoms with Crippen molar-refractivity contribution < 1.29 is 9.53 Å². The van der Waals surface area contributed by atoms with E-state index in [9.17, 15) is 4.79 Å². The Hall–Kier alpha value is -0.610. The molecule has 90 valence electrons. The van der Waals surface area contributed by atoms with Crippen LogP contribution in [-0.4, -0.2) is 43.7 Å². The van der Waals surface area contributed by atoms with Crippen LogP contribution in [0.4, 0.5) is 0 Å². The smallest absolute Gasteiger partial charge is 0.240 e. The third kappa shape index (κ3) is 4.18. The van der Waals surface area contributed by atoms with E-state index in [4.69, 9.17) is 10.5 Å². The summed E-state index contributed by atoms with van der Waals surface area (Å²) < 4.78 is 5.01. The Kier molecular flexibility index (Phi) is 5.24. The number of nitrogens with zero attached hydrogens (tertiary/aromatic N) is 1. The topological polar surface area (TPSA) is 55.6 Å². The molecule has 0 aromatic heterocycles. The van der Waals surface area contributed by atoms with Gasteiger partial charge in [0.1, 0.15) is 0 Å². The Morgan fingerprint density at radius 1 is 1.47 bits per heavy atom. The number of carbonyl (C=O) groups excluding carboxylic acids is 1. The van der Waals surface area contributed by atoms with Crippen molar-refractivity contribution in [3.8, 4) is 0 Å². The minimum atomic E-state index is -0.471. The SMILES string of the molecule is COCC(C)N(C)C(=O)C(N)C(C)(C)C. The molecule has 0 aliphatic heterocycles. The van der Waals surface area contributed by atoms with Crippen molar-refractivity contribution in [1.29, 1.82) is 0 Å². The number of rotatable bonds is 4. The second-order valence-electron chi connectivity index (χ2n) is 5.10. The lowest BCUT2D eigenvalue weighted by molar-refractivity contribution is -0.136. The van der Waals surface area contributed by atoms with Gasteiger partial charge in [0.25, 0.3) is 0 Å². The van der Waals surface area contributed by atoms with Crippen molar-refractivity contribution in [1.82, 2.24) is 4.90 Å². The summed E-state index contributed by atoms with van der Waals surface area (Å²) >= 11 is 0. The first-order valence-corrected chi connectivity index (χ1v) is 5.23. The molecule has 2 atom stereocenters. The summed E-state index contributed by atoms with van der Waals surface area (Å²) in [6, 6.07) is -0.419. The second-order valence-corrected chi connectivity index (χ2v) is 5.10. The van der Waals surface area contributed by atoms with Gasteiger partial charge in [-0.25, -0.2) is 0 Å². The Labute approximate surface area is 92.8 Å². The lowest BCUT2D eigenvalue weighted by Gasteiger charge is -2.32. The van der Waals surface area contributed by atoms with Crippen LogP contribution >= 0.6 is 0 Å². The third-order valence-electron chi connectivity index (χ3n) is 2.62. The maximum Gasteiger partial charge on any atom is 0.240 e. The molecule has 1 amide bonds. The van der Waals surface area contributed by atoms with E-state index in [1.165, 1.54) is 0 Å². The van der Waals surface area contributed by atoms with E-state index >= 15 is 0 Å². The third-order valence-corrected chi connectivity index (χ3v) is 2.62. The van der Waals surface area contributed by atoms with E-state index in [0.29, 0.717) is 6.61 Å². The normalized spacial score (nSPS) is 15.9. The molecule has 0 aromatic carbocycles. The largest absolute Gasteiger partial charge is 0.383 e. The van der Waals surface area contributed by atoms with E-state index < -0.39 is 6.04 Å². The summed E-state index contributed by atoms with van der Waals surface area (Å²) in [5, 5.41) is 0. The lowest BCUT2D eigenvalue weighted by atomic mass is 9.86. The molecule has 0 bridgehead atoms. The highest BCUT2D eigenvalue weighted by Gasteiger charge is 2.31. The highest BCUT2D eigenvalue weighted by atomic mass is 16.5. The average Bonchev–Trinajstić information content (AvgIpc) is 2.13. The van der Waals surface area contributed by atoms with Crippen LogP contribution in [0.15, 0.2) is 0 Å². The van der Waals surface area contributed by atoms with E-state index in [0.717, 1.165) is 0 Å². The monoisotopic (exact) mass is 216 g/mol. The molecule has 0 saturated carbocycles. The molecule has 0 radical (unpaired) electrons. The molecule has 0 fully saturated rings. The molecule has 4 nitrogen and oxygen atoms in total. The van der Waals surface area contributed by atoms with Gasteiger partial charge >= 0.3 is 0 Å². The minimum absolute atomic E-state index is 0.0351. The van der Waals surface area contributed by atoms with Crippen LogP contribution in [-0.2, 0) is 9.53 Å². The van der Waals surface area contributed by atoms with Gasteiger partial charge in [-0.3, -0.25) is 4.79 Å². The zero-order chi connectivity index (χ0) is 12.2. The number of methoxy groups -OCH3 is 1. The first kappa shape index (κ1) is 14.4. The van der Waals surface area contributed by atoms with E-state index in [2.05, 4.69) is 0 Å². The van der Waals surface area contributed by atoms with Gasteiger partial charge in [0.15, 0.2) is 0 Å². The lowest BCUT2D eigenvalue weighted by Crippen LogP contribution is -2.52. The fourth-order valence-corrected chi connectivity index (χ4v) is 1.16. The van der Waals surface area contributed by atoms with Gasteiger partial charge in [0.05, 0.1) is 18.7 Å². The van der Waals surface area contributed by atoms with E-state index in [1.54, 1.807) is 19.1 Å². The Balaban J connectivity index is 4.44. The Morgan fingerprint density at radius 3 is 2.27 bits per heavy atom. The molecular weight excluding hydrogens is 192 g/mol. The zero-order valence-corrected chi connectivity index (χ0v) is 10.7. The first-order valence-electron chi connectivity index (χ1n) is 5.23. The van der Waals surface area contributed by atoms with Crippen molar-refractivity contribution in [2.45, 2.75) is 39.8 Å². The summed E-state index contributed by atoms with van der Waals surface area (Å²) in [7, 11) is 3.39. The molecule has 0 saturated heterocycles. The fourth-order valence-electron chi connectivity index (χ4n) is 1.16. The van der Waals surface area contributed by atoms with Gasteiger partial charge in [-0.2, -0.15) is 0 Å². The van der Waals surface area contributed by atoms with Crippen LogP contribution in [0, 0.1) is 5.41 Å². The van der Waals surface area contributed by atoms with Crippen LogP contribution in [0.2, 0.25) is 0 Å². The number of likely N-dealkylation sites (N-methyl/N-ethyl adjacent to an activating group) is 1. The van der Waals surface area contributed by atoms with Crippen LogP contribution in [0.3, 0.4) is 0 Å². The van der Waals surface area contributed by atoms with Gasteiger partial charge in [0.2, 0.25) is 5.91 Å². The van der Waals surface area contributed by atoms with Gasteiger partial charge in [-0.1, -0.05) is 20.8 Å². The maximum atomic E-state index is 12.0. The predicted molar refractivity (Wildman–Crippen MR) is 61.5 cm³/mol. The summed E-state index contributed by atoms with van der Waals surface area (Å²) in [5.74, 6) is -0.0351. The highest BCUT2D eigenvalue weighted by Crippen LogP contribution is 2.19. The molecule has 0 spiro atoms. The number of ether oxygens (including phenoxy) is 1. The predicted octanol–water partition coefficient (Wildman–Crippen LogP) is 0.853. The van der Waals surface area contributed by atoms with E-state index in [-0.39, 0.29) is 17.4 Å². The van der Waals surface area contributed by atoms with Crippen LogP contribution < -0.4 is 5.73 Å². The van der Waals surface area contributed by atoms with Crippen molar-refractivity contribution in [3.05, 3.63) is 0 Å². The van der Waals surface area contributed by atoms with Crippen LogP contribution in [0.1, 0.15) is 27.7 Å². The summed E-state index contributed by atoms with van der Waals surface area (Å²) in [6.45, 7) is 8.36. The minimum Gasteiger partial charge on any atom is -0.383 e. The maximum absolute atomic E-state index is 12.0. The number of amides is 1. The van der Waals surface area contributed by atoms with Gasteiger partial charge in [-0.05, 0) is 12.3 Å². The van der Waals surface area contributed by atoms with Gasteiger partial charge < -0.3 is 15.4 Å². The number of hydrogen-bond donors (Lipinski definition) is 1. The molecule has 0 rings (SSSR count). The van der Waals surface area contributed by atoms with Crippen LogP contribution in [0.5, 0.6) is 0 Å². The Bertz CT molecular complexity index is 211. The van der Waals surface area contributed by atoms with Gasteiger partial charge in [-0.15, -0.1) is 0 Å². The molecule has 0 aliphatic rings. The number of hydrogen-bond acceptors (Lipinski definition) is 3. The molecule has 0 aromatic rings. The molecule has 0 heterocycles. The van der Waals surface area contributed by atoms with Crippen molar-refractivity contribution in [3.63, 3.8) is 0 Å². The molecule has 4 heteroatoms. The van der Waals surface area contributed by atoms with E-state index in [1.807, 2.05) is 27.7 Å². The van der Waals surface area contributed by atoms with Gasteiger partial charge in [0, 0.05) is 14.2 Å². The van der Waals surface area contributed by atoms with Crippen molar-refractivity contribution in [2.75, 3.05) is 20.8 Å². The Morgan fingerprint density at radius 2 is 1.93 bits per heavy atom. The highest BCUT2D eigenvalue weighted by molar-refractivity contribution is 5.82. The number of nitrogens with two attached hydrogens (primary N) is 1. The first-order chi connectivity index (χ1) is 6.71. The van der Waals surface area contributed by atoms with Crippen molar-refractivity contribution in [2.24, 2.45) is 11.1 Å². The molecule has 0 aliphatic carbocycles. The van der Waals surface area contributed by atoms with Crippen LogP contribution in [0.25, 0.3) is 0 Å². The molecule has 15 heavy (non-hydrogen) atoms. The summed E-state index contributed by atoms with van der Waals surface area (Å²) in [4.78, 5) is 13.6. The van der Waals surface area contributed by atoms with Crippen molar-refractivity contribution >= 4 is 5.91 Å². The summed E-state index contributed by atoms with van der Waals surface area (Å²) in [5.41, 5.74) is 5.69. The summed E-state index contributed by atoms with van der Waals surface area (Å²) in [6.07, 6.45) is 0. The standard InChI is InChI=1S/C11H24N2O2/c1-8(7-15-6)13(5)10(14)9(12)11(2,3)4/h8-9H,7,12H2,1-6H3. The second kappa shape index (κ2) is 5.47. The fraction of sp³-hybridized carbons (Fsp3) is 0.909. The zero-order valence-electron chi connectivity index (χ0n) is 10.7.